The highest BCUT2D eigenvalue weighted by atomic mass is 31.2. The fraction of sp³-hybridized carbons (Fsp3) is 1.00. The summed E-state index contributed by atoms with van der Waals surface area (Å²) >= 11 is 0. The summed E-state index contributed by atoms with van der Waals surface area (Å²) in [5.41, 5.74) is 0. The first kappa shape index (κ1) is 8.59. The van der Waals surface area contributed by atoms with Gasteiger partial charge in [0.15, 0.2) is 0 Å². The van der Waals surface area contributed by atoms with Crippen LogP contribution >= 0.6 is 7.14 Å². The van der Waals surface area contributed by atoms with Crippen LogP contribution in [-0.4, -0.2) is 25.0 Å². The minimum Gasteiger partial charge on any atom is -0.0349 e. The Kier molecular flexibility index (Phi) is 2.16. The average molecular weight is 155 g/mol. The van der Waals surface area contributed by atoms with E-state index in [1.165, 1.54) is 25.2 Å². The fourth-order valence-electron chi connectivity index (χ4n) is 1.57. The fourth-order valence-corrected chi connectivity index (χ4v) is 4.71. The normalized spacial score (nSPS) is 25.1. The second-order valence-corrected chi connectivity index (χ2v) is 8.66. The molecule has 0 spiro atoms. The van der Waals surface area contributed by atoms with Gasteiger partial charge in [0.05, 0.1) is 5.16 Å². The van der Waals surface area contributed by atoms with Crippen LogP contribution in [0.15, 0.2) is 0 Å². The first-order valence-corrected chi connectivity index (χ1v) is 6.34. The van der Waals surface area contributed by atoms with Gasteiger partial charge in [0.1, 0.15) is 0 Å². The molecule has 0 amide bonds. The maximum absolute atomic E-state index is 6.35. The summed E-state index contributed by atoms with van der Waals surface area (Å²) in [4.78, 5) is 0. The van der Waals surface area contributed by atoms with Gasteiger partial charge in [-0.15, -0.1) is 0 Å². The van der Waals surface area contributed by atoms with Gasteiger partial charge in [0.2, 0.25) is 0 Å². The molecule has 0 bridgehead atoms. The Hall–Kier alpha value is 0.495. The molecule has 0 nitrogen and oxygen atoms in total. The lowest BCUT2D eigenvalue weighted by atomic mass is 10.3. The molecule has 1 fully saturated rings. The van der Waals surface area contributed by atoms with Crippen LogP contribution in [0.3, 0.4) is 0 Å². The van der Waals surface area contributed by atoms with Gasteiger partial charge in [0.25, 0.3) is 0 Å². The molecule has 0 N–H and O–H groups in total. The van der Waals surface area contributed by atoms with Crippen LogP contribution in [0.1, 0.15) is 33.6 Å². The monoisotopic (exact) mass is 155 g/mol. The smallest absolute Gasteiger partial charge is 0.0349 e. The van der Waals surface area contributed by atoms with E-state index in [2.05, 4.69) is 20.8 Å². The molecular formula is C8H17BP+. The Bertz CT molecular complexity index is 120. The third kappa shape index (κ3) is 1.40. The van der Waals surface area contributed by atoms with Crippen molar-refractivity contribution < 1.29 is 0 Å². The summed E-state index contributed by atoms with van der Waals surface area (Å²) in [6.07, 6.45) is 5.41. The Labute approximate surface area is 66.5 Å². The average Bonchev–Trinajstić information content (AvgIpc) is 2.13. The Morgan fingerprint density at radius 1 is 1.10 bits per heavy atom. The van der Waals surface area contributed by atoms with Gasteiger partial charge in [-0.25, -0.2) is 0 Å². The van der Waals surface area contributed by atoms with Crippen molar-refractivity contribution >= 4 is 14.7 Å². The summed E-state index contributed by atoms with van der Waals surface area (Å²) in [6.45, 7) is 6.89. The van der Waals surface area contributed by atoms with E-state index in [1.54, 1.807) is 0 Å². The second kappa shape index (κ2) is 2.52. The van der Waals surface area contributed by atoms with E-state index in [1.807, 2.05) is 0 Å². The zero-order valence-corrected chi connectivity index (χ0v) is 8.25. The topological polar surface area (TPSA) is 0 Å². The molecule has 2 heteroatoms. The summed E-state index contributed by atoms with van der Waals surface area (Å²) in [5, 5.41) is 0.406. The first-order valence-electron chi connectivity index (χ1n) is 4.11. The minimum atomic E-state index is -1.00. The standard InChI is InChI=1S/C8H17BP/c1-8(2,3)10(9)6-4-5-7-10/h4-7H2,1-3H3/q+1. The van der Waals surface area contributed by atoms with Crippen LogP contribution in [0.2, 0.25) is 0 Å². The predicted molar refractivity (Wildman–Crippen MR) is 51.4 cm³/mol. The molecule has 0 aromatic rings. The van der Waals surface area contributed by atoms with Gasteiger partial charge >= 0.3 is 7.57 Å². The molecule has 0 aromatic heterocycles. The van der Waals surface area contributed by atoms with Crippen LogP contribution in [-0.2, 0) is 0 Å². The third-order valence-electron chi connectivity index (χ3n) is 2.70. The molecule has 0 aliphatic carbocycles. The van der Waals surface area contributed by atoms with Gasteiger partial charge in [-0.3, -0.25) is 0 Å². The Morgan fingerprint density at radius 3 is 1.70 bits per heavy atom. The van der Waals surface area contributed by atoms with Crippen LogP contribution in [0.4, 0.5) is 0 Å². The molecule has 0 atom stereocenters. The maximum atomic E-state index is 6.35. The van der Waals surface area contributed by atoms with E-state index >= 15 is 0 Å². The van der Waals surface area contributed by atoms with Crippen LogP contribution in [0.25, 0.3) is 0 Å². The molecule has 10 heavy (non-hydrogen) atoms. The van der Waals surface area contributed by atoms with Crippen molar-refractivity contribution in [1.29, 1.82) is 0 Å². The highest BCUT2D eigenvalue weighted by Crippen LogP contribution is 2.68. The van der Waals surface area contributed by atoms with Crippen LogP contribution < -0.4 is 0 Å². The quantitative estimate of drug-likeness (QED) is 0.372. The summed E-state index contributed by atoms with van der Waals surface area (Å²) in [5.74, 6) is 0. The molecule has 0 saturated carbocycles. The molecule has 2 radical (unpaired) electrons. The van der Waals surface area contributed by atoms with Gasteiger partial charge < -0.3 is 0 Å². The molecule has 1 aliphatic rings. The number of hydrogen-bond acceptors (Lipinski definition) is 0. The van der Waals surface area contributed by atoms with Crippen molar-refractivity contribution in [3.63, 3.8) is 0 Å². The van der Waals surface area contributed by atoms with Crippen molar-refractivity contribution in [3.8, 4) is 0 Å². The Balaban J connectivity index is 2.67. The molecule has 56 valence electrons. The molecule has 1 saturated heterocycles. The predicted octanol–water partition coefficient (Wildman–Crippen LogP) is 2.68. The van der Waals surface area contributed by atoms with E-state index in [0.717, 1.165) is 0 Å². The molecule has 0 aromatic carbocycles. The van der Waals surface area contributed by atoms with Crippen LogP contribution in [0.5, 0.6) is 0 Å². The van der Waals surface area contributed by atoms with E-state index < -0.39 is 7.14 Å². The molecule has 1 rings (SSSR count). The van der Waals surface area contributed by atoms with Gasteiger partial charge in [-0.1, -0.05) is 0 Å². The van der Waals surface area contributed by atoms with Gasteiger partial charge in [-0.2, -0.15) is 0 Å². The van der Waals surface area contributed by atoms with E-state index in [4.69, 9.17) is 7.57 Å². The molecule has 1 heterocycles. The van der Waals surface area contributed by atoms with Crippen LogP contribution in [0, 0.1) is 0 Å². The Morgan fingerprint density at radius 2 is 1.50 bits per heavy atom. The molecular weight excluding hydrogens is 138 g/mol. The molecule has 1 aliphatic heterocycles. The van der Waals surface area contributed by atoms with Crippen molar-refractivity contribution in [1.82, 2.24) is 0 Å². The largest absolute Gasteiger partial charge is 0.365 e. The highest BCUT2D eigenvalue weighted by molar-refractivity contribution is 7.98. The maximum Gasteiger partial charge on any atom is 0.365 e. The van der Waals surface area contributed by atoms with Gasteiger partial charge in [0, 0.05) is 12.3 Å². The third-order valence-corrected chi connectivity index (χ3v) is 7.60. The zero-order valence-electron chi connectivity index (χ0n) is 7.35. The number of hydrogen-bond donors (Lipinski definition) is 0. The van der Waals surface area contributed by atoms with Gasteiger partial charge in [-0.05, 0) is 40.8 Å². The van der Waals surface area contributed by atoms with E-state index in [0.29, 0.717) is 5.16 Å². The SMILES string of the molecule is [B][P+]1(C(C)(C)C)CCCC1. The second-order valence-electron chi connectivity index (χ2n) is 4.36. The lowest BCUT2D eigenvalue weighted by molar-refractivity contribution is 0.780. The highest BCUT2D eigenvalue weighted by Gasteiger charge is 2.46. The first-order chi connectivity index (χ1) is 4.46. The molecule has 0 unspecified atom stereocenters. The minimum absolute atomic E-state index is 0.406. The zero-order chi connectivity index (χ0) is 7.83. The van der Waals surface area contributed by atoms with Crippen molar-refractivity contribution in [3.05, 3.63) is 0 Å². The van der Waals surface area contributed by atoms with Crippen molar-refractivity contribution in [2.24, 2.45) is 0 Å². The summed E-state index contributed by atoms with van der Waals surface area (Å²) in [7, 11) is 5.34. The van der Waals surface area contributed by atoms with E-state index in [-0.39, 0.29) is 0 Å². The number of rotatable bonds is 0. The van der Waals surface area contributed by atoms with E-state index in [9.17, 15) is 0 Å². The summed E-state index contributed by atoms with van der Waals surface area (Å²) < 4.78 is 0. The van der Waals surface area contributed by atoms with Crippen molar-refractivity contribution in [2.45, 2.75) is 38.8 Å². The summed E-state index contributed by atoms with van der Waals surface area (Å²) in [6, 6.07) is 0. The lowest BCUT2D eigenvalue weighted by Gasteiger charge is -2.32. The lowest BCUT2D eigenvalue weighted by Crippen LogP contribution is -2.21. The van der Waals surface area contributed by atoms with Crippen molar-refractivity contribution in [2.75, 3.05) is 12.3 Å².